The molecule has 0 spiro atoms. The number of rotatable bonds is 17. The van der Waals surface area contributed by atoms with Crippen molar-refractivity contribution in [2.75, 3.05) is 26.2 Å². The van der Waals surface area contributed by atoms with Gasteiger partial charge in [-0.1, -0.05) is 66.6 Å². The molecule has 0 aliphatic heterocycles. The molecule has 1 aliphatic rings. The summed E-state index contributed by atoms with van der Waals surface area (Å²) in [7, 11) is 0. The molecule has 0 heterocycles. The third-order valence-corrected chi connectivity index (χ3v) is 8.94. The number of carbonyl (C=O) groups is 2. The molecule has 49 heavy (non-hydrogen) atoms. The van der Waals surface area contributed by atoms with Gasteiger partial charge in [0.15, 0.2) is 5.78 Å². The largest absolute Gasteiger partial charge is 0.416 e. The van der Waals surface area contributed by atoms with Crippen LogP contribution in [0.2, 0.25) is 0 Å². The van der Waals surface area contributed by atoms with Gasteiger partial charge >= 0.3 is 6.18 Å². The molecule has 0 aromatic heterocycles. The molecule has 4 rings (SSSR count). The second-order valence-corrected chi connectivity index (χ2v) is 12.4. The van der Waals surface area contributed by atoms with Gasteiger partial charge < -0.3 is 4.90 Å². The van der Waals surface area contributed by atoms with Crippen LogP contribution in [0.4, 0.5) is 17.6 Å². The Hall–Kier alpha value is -4.08. The molecule has 0 radical (unpaired) electrons. The molecule has 5 nitrogen and oxygen atoms in total. The maximum Gasteiger partial charge on any atom is 0.416 e. The van der Waals surface area contributed by atoms with Crippen LogP contribution >= 0.6 is 0 Å². The highest BCUT2D eigenvalue weighted by Gasteiger charge is 2.30. The molecule has 0 unspecified atom stereocenters. The van der Waals surface area contributed by atoms with E-state index in [4.69, 9.17) is 4.84 Å². The van der Waals surface area contributed by atoms with Gasteiger partial charge in [-0.2, -0.15) is 18.2 Å². The summed E-state index contributed by atoms with van der Waals surface area (Å²) < 4.78 is 52.5. The summed E-state index contributed by atoms with van der Waals surface area (Å²) in [6.07, 6.45) is 1.82. The molecule has 0 bridgehead atoms. The summed E-state index contributed by atoms with van der Waals surface area (Å²) in [5, 5.41) is 1.82. The van der Waals surface area contributed by atoms with E-state index in [0.29, 0.717) is 57.6 Å². The molecule has 0 saturated carbocycles. The zero-order valence-corrected chi connectivity index (χ0v) is 28.6. The van der Waals surface area contributed by atoms with Gasteiger partial charge in [0, 0.05) is 32.6 Å². The number of aryl methyl sites for hydroxylation is 1. The first kappa shape index (κ1) is 37.7. The number of amides is 1. The summed E-state index contributed by atoms with van der Waals surface area (Å²) in [6.45, 7) is 8.35. The van der Waals surface area contributed by atoms with E-state index in [-0.39, 0.29) is 23.9 Å². The van der Waals surface area contributed by atoms with Crippen molar-refractivity contribution in [2.45, 2.75) is 78.4 Å². The standard InChI is InChI=1S/C40H46F4N2O3/c1-4-46(49-5-2)26-25-45(28-32-11-16-33(17-12-32)34-18-20-35(21-19-34)40(42,43)44)39(48)24-15-31(10-9-30-13-22-36(41)23-14-30)27-38(47)37-8-6-7-29(37)3/h11-14,16-23,27H,4-10,15,24-26,28H2,1-3H3/b31-27-. The first-order chi connectivity index (χ1) is 23.5. The lowest BCUT2D eigenvalue weighted by Gasteiger charge is -2.27. The number of nitrogens with zero attached hydrogens (tertiary/aromatic N) is 2. The highest BCUT2D eigenvalue weighted by molar-refractivity contribution is 6.05. The van der Waals surface area contributed by atoms with Crippen LogP contribution in [0.1, 0.15) is 76.0 Å². The molecule has 0 atom stereocenters. The van der Waals surface area contributed by atoms with Crippen molar-refractivity contribution >= 4 is 11.7 Å². The van der Waals surface area contributed by atoms with Crippen LogP contribution < -0.4 is 0 Å². The number of allylic oxidation sites excluding steroid dienone is 4. The van der Waals surface area contributed by atoms with Crippen LogP contribution in [0.3, 0.4) is 0 Å². The van der Waals surface area contributed by atoms with E-state index >= 15 is 0 Å². The molecular formula is C40H46F4N2O3. The summed E-state index contributed by atoms with van der Waals surface area (Å²) in [5.41, 5.74) is 5.47. The van der Waals surface area contributed by atoms with Crippen LogP contribution in [0.15, 0.2) is 95.6 Å². The van der Waals surface area contributed by atoms with Gasteiger partial charge in [0.2, 0.25) is 5.91 Å². The van der Waals surface area contributed by atoms with Gasteiger partial charge in [0.1, 0.15) is 5.82 Å². The van der Waals surface area contributed by atoms with Gasteiger partial charge in [0.05, 0.1) is 12.2 Å². The summed E-state index contributed by atoms with van der Waals surface area (Å²) in [6, 6.07) is 18.9. The normalized spacial score (nSPS) is 13.8. The van der Waals surface area contributed by atoms with Crippen molar-refractivity contribution in [2.24, 2.45) is 0 Å². The number of hydrogen-bond donors (Lipinski definition) is 0. The van der Waals surface area contributed by atoms with Crippen molar-refractivity contribution in [3.05, 3.63) is 118 Å². The number of hydrogen-bond acceptors (Lipinski definition) is 4. The Balaban J connectivity index is 1.49. The number of alkyl halides is 3. The molecule has 0 N–H and O–H groups in total. The van der Waals surface area contributed by atoms with E-state index in [1.807, 2.05) is 50.1 Å². The Kier molecular flexibility index (Phi) is 13.9. The van der Waals surface area contributed by atoms with Gasteiger partial charge in [-0.15, -0.1) is 0 Å². The topological polar surface area (TPSA) is 49.9 Å². The van der Waals surface area contributed by atoms with E-state index in [1.165, 1.54) is 24.3 Å². The molecule has 3 aromatic carbocycles. The fourth-order valence-corrected chi connectivity index (χ4v) is 6.05. The fraction of sp³-hybridized carbons (Fsp3) is 0.400. The maximum atomic E-state index is 13.8. The quantitative estimate of drug-likeness (QED) is 0.0811. The third-order valence-electron chi connectivity index (χ3n) is 8.94. The van der Waals surface area contributed by atoms with Gasteiger partial charge in [-0.05, 0) is 111 Å². The lowest BCUT2D eigenvalue weighted by atomic mass is 9.97. The smallest absolute Gasteiger partial charge is 0.337 e. The minimum Gasteiger partial charge on any atom is -0.337 e. The van der Waals surface area contributed by atoms with Crippen molar-refractivity contribution in [1.82, 2.24) is 9.96 Å². The maximum absolute atomic E-state index is 13.8. The lowest BCUT2D eigenvalue weighted by molar-refractivity contribution is -0.157. The Morgan fingerprint density at radius 2 is 1.45 bits per heavy atom. The van der Waals surface area contributed by atoms with Crippen LogP contribution in [-0.2, 0) is 33.6 Å². The Labute approximate surface area is 287 Å². The molecule has 0 fully saturated rings. The van der Waals surface area contributed by atoms with Gasteiger partial charge in [-0.3, -0.25) is 14.4 Å². The van der Waals surface area contributed by atoms with E-state index in [2.05, 4.69) is 0 Å². The number of carbonyl (C=O) groups excluding carboxylic acids is 2. The van der Waals surface area contributed by atoms with E-state index in [1.54, 1.807) is 23.1 Å². The number of hydroxylamine groups is 2. The summed E-state index contributed by atoms with van der Waals surface area (Å²) in [4.78, 5) is 34.6. The van der Waals surface area contributed by atoms with Crippen molar-refractivity contribution in [3.63, 3.8) is 0 Å². The van der Waals surface area contributed by atoms with Gasteiger partial charge in [-0.25, -0.2) is 4.39 Å². The monoisotopic (exact) mass is 678 g/mol. The molecular weight excluding hydrogens is 632 g/mol. The minimum atomic E-state index is -4.39. The average Bonchev–Trinajstić information content (AvgIpc) is 3.53. The fourth-order valence-electron chi connectivity index (χ4n) is 6.05. The SMILES string of the molecule is CCON(CC)CCN(Cc1ccc(-c2ccc(C(F)(F)F)cc2)cc1)C(=O)CC/C(=C\C(=O)C1=C(C)CCC1)CCc1ccc(F)cc1. The lowest BCUT2D eigenvalue weighted by Crippen LogP contribution is -2.38. The van der Waals surface area contributed by atoms with Crippen LogP contribution in [-0.4, -0.2) is 47.9 Å². The number of benzene rings is 3. The summed E-state index contributed by atoms with van der Waals surface area (Å²) in [5.74, 6) is -0.350. The van der Waals surface area contributed by atoms with Crippen LogP contribution in [0, 0.1) is 5.82 Å². The highest BCUT2D eigenvalue weighted by Crippen LogP contribution is 2.31. The number of ketones is 1. The Morgan fingerprint density at radius 3 is 2.02 bits per heavy atom. The predicted octanol–water partition coefficient (Wildman–Crippen LogP) is 9.52. The number of halogens is 4. The second kappa shape index (κ2) is 18.1. The van der Waals surface area contributed by atoms with Crippen LogP contribution in [0.5, 0.6) is 0 Å². The molecule has 1 aliphatic carbocycles. The van der Waals surface area contributed by atoms with Crippen molar-refractivity contribution < 1.29 is 32.0 Å². The second-order valence-electron chi connectivity index (χ2n) is 12.4. The molecule has 1 amide bonds. The minimum absolute atomic E-state index is 0.0110. The first-order valence-electron chi connectivity index (χ1n) is 17.1. The predicted molar refractivity (Wildman–Crippen MR) is 185 cm³/mol. The van der Waals surface area contributed by atoms with Crippen molar-refractivity contribution in [3.8, 4) is 11.1 Å². The van der Waals surface area contributed by atoms with Crippen LogP contribution in [0.25, 0.3) is 11.1 Å². The highest BCUT2D eigenvalue weighted by atomic mass is 19.4. The first-order valence-corrected chi connectivity index (χ1v) is 17.1. The van der Waals surface area contributed by atoms with Crippen molar-refractivity contribution in [1.29, 1.82) is 0 Å². The molecule has 3 aromatic rings. The van der Waals surface area contributed by atoms with Gasteiger partial charge in [0.25, 0.3) is 0 Å². The molecule has 262 valence electrons. The Bertz CT molecular complexity index is 1590. The molecule has 0 saturated heterocycles. The third kappa shape index (κ3) is 11.5. The zero-order chi connectivity index (χ0) is 35.4. The van der Waals surface area contributed by atoms with E-state index < -0.39 is 11.7 Å². The van der Waals surface area contributed by atoms with E-state index in [9.17, 15) is 27.2 Å². The number of likely N-dealkylation sites (N-methyl/N-ethyl adjacent to an activating group) is 1. The molecule has 9 heteroatoms. The van der Waals surface area contributed by atoms with E-state index in [0.717, 1.165) is 64.8 Å². The zero-order valence-electron chi connectivity index (χ0n) is 28.6. The summed E-state index contributed by atoms with van der Waals surface area (Å²) >= 11 is 0. The Morgan fingerprint density at radius 1 is 0.816 bits per heavy atom. The average molecular weight is 679 g/mol.